The van der Waals surface area contributed by atoms with Crippen molar-refractivity contribution < 1.29 is 4.79 Å². The van der Waals surface area contributed by atoms with Gasteiger partial charge in [-0.1, -0.05) is 23.5 Å². The van der Waals surface area contributed by atoms with Gasteiger partial charge in [-0.3, -0.25) is 4.79 Å². The molecule has 1 aromatic heterocycles. The van der Waals surface area contributed by atoms with Crippen LogP contribution in [0.4, 0.5) is 5.13 Å². The molecular formula is C14H14Cl2N2OS. The van der Waals surface area contributed by atoms with E-state index in [0.29, 0.717) is 11.6 Å². The first-order chi connectivity index (χ1) is 9.24. The Hall–Kier alpha value is -0.840. The summed E-state index contributed by atoms with van der Waals surface area (Å²) >= 11 is 13.5. The molecule has 0 saturated heterocycles. The van der Waals surface area contributed by atoms with Gasteiger partial charge in [0.05, 0.1) is 15.6 Å². The third-order valence-electron chi connectivity index (χ3n) is 3.92. The summed E-state index contributed by atoms with van der Waals surface area (Å²) in [6, 6.07) is 4.10. The highest BCUT2D eigenvalue weighted by molar-refractivity contribution is 7.22. The molecule has 0 aliphatic heterocycles. The number of anilines is 1. The monoisotopic (exact) mass is 328 g/mol. The Bertz CT molecular complexity index is 686. The maximum Gasteiger partial charge on any atom is 0.235 e. The minimum absolute atomic E-state index is 0.170. The number of rotatable bonds is 2. The molecule has 0 unspecified atom stereocenters. The number of alkyl halides is 2. The van der Waals surface area contributed by atoms with Crippen molar-refractivity contribution in [1.29, 1.82) is 0 Å². The van der Waals surface area contributed by atoms with E-state index in [0.717, 1.165) is 21.3 Å². The van der Waals surface area contributed by atoms with Crippen molar-refractivity contribution in [1.82, 2.24) is 4.98 Å². The number of nitrogens with one attached hydrogen (secondary N) is 1. The molecule has 1 amide bonds. The summed E-state index contributed by atoms with van der Waals surface area (Å²) in [7, 11) is 0. The highest BCUT2D eigenvalue weighted by Crippen LogP contribution is 2.64. The third-order valence-corrected chi connectivity index (χ3v) is 6.13. The number of halogens is 2. The summed E-state index contributed by atoms with van der Waals surface area (Å²) in [6.07, 6.45) is 0.470. The molecule has 1 N–H and O–H groups in total. The van der Waals surface area contributed by atoms with Crippen LogP contribution >= 0.6 is 34.5 Å². The van der Waals surface area contributed by atoms with Gasteiger partial charge in [-0.15, -0.1) is 23.2 Å². The molecule has 1 atom stereocenters. The molecule has 6 heteroatoms. The SMILES string of the molecule is Cc1ccc(C)c2sc(NC(=O)[C@]3(C)CC3(Cl)Cl)nc12. The zero-order valence-electron chi connectivity index (χ0n) is 11.4. The molecule has 1 aromatic carbocycles. The van der Waals surface area contributed by atoms with Crippen LogP contribution in [-0.2, 0) is 4.79 Å². The van der Waals surface area contributed by atoms with Crippen molar-refractivity contribution in [3.05, 3.63) is 23.3 Å². The van der Waals surface area contributed by atoms with E-state index >= 15 is 0 Å². The lowest BCUT2D eigenvalue weighted by Crippen LogP contribution is -2.25. The second-order valence-electron chi connectivity index (χ2n) is 5.56. The Labute approximate surface area is 131 Å². The first-order valence-electron chi connectivity index (χ1n) is 6.31. The zero-order chi connectivity index (χ0) is 14.7. The number of nitrogens with zero attached hydrogens (tertiary/aromatic N) is 1. The summed E-state index contributed by atoms with van der Waals surface area (Å²) in [6.45, 7) is 5.82. The molecular weight excluding hydrogens is 315 g/mol. The van der Waals surface area contributed by atoms with Crippen LogP contribution < -0.4 is 5.32 Å². The second-order valence-corrected chi connectivity index (χ2v) is 8.05. The van der Waals surface area contributed by atoms with Gasteiger partial charge in [0.15, 0.2) is 5.13 Å². The van der Waals surface area contributed by atoms with Crippen LogP contribution in [0, 0.1) is 19.3 Å². The van der Waals surface area contributed by atoms with Crippen molar-refractivity contribution in [2.24, 2.45) is 5.41 Å². The quantitative estimate of drug-likeness (QED) is 0.828. The molecule has 106 valence electrons. The molecule has 0 radical (unpaired) electrons. The second kappa shape index (κ2) is 4.33. The van der Waals surface area contributed by atoms with E-state index in [2.05, 4.69) is 16.4 Å². The normalized spacial score (nSPS) is 23.9. The third kappa shape index (κ3) is 2.01. The van der Waals surface area contributed by atoms with Crippen LogP contribution in [0.5, 0.6) is 0 Å². The fourth-order valence-electron chi connectivity index (χ4n) is 2.19. The molecule has 1 aliphatic carbocycles. The summed E-state index contributed by atoms with van der Waals surface area (Å²) < 4.78 is 0.142. The van der Waals surface area contributed by atoms with Crippen LogP contribution in [0.25, 0.3) is 10.2 Å². The largest absolute Gasteiger partial charge is 0.301 e. The Kier molecular flexibility index (Phi) is 3.05. The van der Waals surface area contributed by atoms with E-state index < -0.39 is 9.75 Å². The first kappa shape index (κ1) is 14.1. The molecule has 3 nitrogen and oxygen atoms in total. The average molecular weight is 329 g/mol. The van der Waals surface area contributed by atoms with Crippen molar-refractivity contribution in [2.45, 2.75) is 31.5 Å². The number of fused-ring (bicyclic) bond motifs is 1. The van der Waals surface area contributed by atoms with E-state index in [1.54, 1.807) is 6.92 Å². The predicted octanol–water partition coefficient (Wildman–Crippen LogP) is 4.44. The number of hydrogen-bond donors (Lipinski definition) is 1. The number of benzene rings is 1. The molecule has 0 spiro atoms. The number of carbonyl (C=O) groups excluding carboxylic acids is 1. The number of amides is 1. The summed E-state index contributed by atoms with van der Waals surface area (Å²) in [5.41, 5.74) is 2.47. The highest BCUT2D eigenvalue weighted by Gasteiger charge is 2.68. The molecule has 1 saturated carbocycles. The summed E-state index contributed by atoms with van der Waals surface area (Å²) in [5.74, 6) is -0.170. The molecule has 1 aliphatic rings. The number of aryl methyl sites for hydroxylation is 2. The molecule has 0 bridgehead atoms. The fourth-order valence-corrected chi connectivity index (χ4v) is 3.91. The summed E-state index contributed by atoms with van der Waals surface area (Å²) in [4.78, 5) is 16.7. The van der Waals surface area contributed by atoms with Gasteiger partial charge in [-0.2, -0.15) is 0 Å². The van der Waals surface area contributed by atoms with E-state index in [-0.39, 0.29) is 5.91 Å². The fraction of sp³-hybridized carbons (Fsp3) is 0.429. The Morgan fingerprint density at radius 1 is 1.35 bits per heavy atom. The van der Waals surface area contributed by atoms with E-state index in [1.165, 1.54) is 11.3 Å². The van der Waals surface area contributed by atoms with Gasteiger partial charge in [-0.25, -0.2) is 4.98 Å². The molecule has 20 heavy (non-hydrogen) atoms. The average Bonchev–Trinajstić information content (AvgIpc) is 2.74. The van der Waals surface area contributed by atoms with Gasteiger partial charge in [-0.05, 0) is 38.3 Å². The molecule has 3 rings (SSSR count). The van der Waals surface area contributed by atoms with Crippen molar-refractivity contribution in [2.75, 3.05) is 5.32 Å². The van der Waals surface area contributed by atoms with Gasteiger partial charge in [0.2, 0.25) is 5.91 Å². The van der Waals surface area contributed by atoms with Gasteiger partial charge >= 0.3 is 0 Å². The van der Waals surface area contributed by atoms with E-state index in [4.69, 9.17) is 23.2 Å². The lowest BCUT2D eigenvalue weighted by atomic mass is 10.1. The van der Waals surface area contributed by atoms with Gasteiger partial charge in [0.25, 0.3) is 0 Å². The van der Waals surface area contributed by atoms with Crippen LogP contribution in [0.3, 0.4) is 0 Å². The maximum absolute atomic E-state index is 12.2. The van der Waals surface area contributed by atoms with Gasteiger partial charge < -0.3 is 5.32 Å². The summed E-state index contributed by atoms with van der Waals surface area (Å²) in [5, 5.41) is 3.44. The minimum atomic E-state index is -0.959. The van der Waals surface area contributed by atoms with Crippen LogP contribution in [0.1, 0.15) is 24.5 Å². The predicted molar refractivity (Wildman–Crippen MR) is 84.9 cm³/mol. The van der Waals surface area contributed by atoms with Crippen molar-refractivity contribution in [3.8, 4) is 0 Å². The number of thiazole rings is 1. The zero-order valence-corrected chi connectivity index (χ0v) is 13.7. The minimum Gasteiger partial charge on any atom is -0.301 e. The van der Waals surface area contributed by atoms with Gasteiger partial charge in [0.1, 0.15) is 4.33 Å². The van der Waals surface area contributed by atoms with Crippen molar-refractivity contribution >= 4 is 55.8 Å². The van der Waals surface area contributed by atoms with Crippen LogP contribution in [-0.4, -0.2) is 15.2 Å². The standard InChI is InChI=1S/C14H14Cl2N2OS/c1-7-4-5-8(2)10-9(7)17-12(20-10)18-11(19)13(3)6-14(13,15)16/h4-5H,6H2,1-3H3,(H,17,18,19)/t13-/m0/s1. The first-order valence-corrected chi connectivity index (χ1v) is 7.88. The Balaban J connectivity index is 1.91. The smallest absolute Gasteiger partial charge is 0.235 e. The van der Waals surface area contributed by atoms with Crippen molar-refractivity contribution in [3.63, 3.8) is 0 Å². The molecule has 1 fully saturated rings. The highest BCUT2D eigenvalue weighted by atomic mass is 35.5. The number of aromatic nitrogens is 1. The molecule has 2 aromatic rings. The topological polar surface area (TPSA) is 42.0 Å². The van der Waals surface area contributed by atoms with E-state index in [1.807, 2.05) is 19.9 Å². The van der Waals surface area contributed by atoms with Crippen LogP contribution in [0.15, 0.2) is 12.1 Å². The van der Waals surface area contributed by atoms with Gasteiger partial charge in [0, 0.05) is 0 Å². The lowest BCUT2D eigenvalue weighted by molar-refractivity contribution is -0.120. The number of carbonyl (C=O) groups is 1. The molecule has 1 heterocycles. The van der Waals surface area contributed by atoms with E-state index in [9.17, 15) is 4.79 Å². The Morgan fingerprint density at radius 3 is 2.50 bits per heavy atom. The Morgan fingerprint density at radius 2 is 1.95 bits per heavy atom. The lowest BCUT2D eigenvalue weighted by Gasteiger charge is -2.10. The number of hydrogen-bond acceptors (Lipinski definition) is 3. The van der Waals surface area contributed by atoms with Crippen LogP contribution in [0.2, 0.25) is 0 Å². The maximum atomic E-state index is 12.2.